The van der Waals surface area contributed by atoms with Gasteiger partial charge in [-0.25, -0.2) is 0 Å². The van der Waals surface area contributed by atoms with Gasteiger partial charge >= 0.3 is 5.97 Å². The van der Waals surface area contributed by atoms with E-state index in [1.165, 1.54) is 0 Å². The summed E-state index contributed by atoms with van der Waals surface area (Å²) in [5, 5.41) is 12.0. The molecular weight excluding hydrogens is 208 g/mol. The van der Waals surface area contributed by atoms with Gasteiger partial charge in [0.25, 0.3) is 0 Å². The summed E-state index contributed by atoms with van der Waals surface area (Å²) < 4.78 is 0. The van der Waals surface area contributed by atoms with E-state index in [0.29, 0.717) is 25.4 Å². The third-order valence-electron chi connectivity index (χ3n) is 3.76. The van der Waals surface area contributed by atoms with Crippen molar-refractivity contribution in [2.45, 2.75) is 13.3 Å². The van der Waals surface area contributed by atoms with Gasteiger partial charge in [0.15, 0.2) is 0 Å². The summed E-state index contributed by atoms with van der Waals surface area (Å²) in [7, 11) is 0. The summed E-state index contributed by atoms with van der Waals surface area (Å²) in [6.07, 6.45) is 0.594. The van der Waals surface area contributed by atoms with Crippen LogP contribution in [0.15, 0.2) is 0 Å². The van der Waals surface area contributed by atoms with E-state index in [1.807, 2.05) is 6.92 Å². The number of hydrogen-bond donors (Lipinski definition) is 2. The first-order valence-corrected chi connectivity index (χ1v) is 5.82. The van der Waals surface area contributed by atoms with Crippen molar-refractivity contribution in [3.8, 4) is 0 Å². The van der Waals surface area contributed by atoms with E-state index in [0.717, 1.165) is 13.1 Å². The Balaban J connectivity index is 1.88. The maximum absolute atomic E-state index is 12.1. The molecule has 16 heavy (non-hydrogen) atoms. The van der Waals surface area contributed by atoms with Crippen molar-refractivity contribution >= 4 is 11.9 Å². The third-order valence-corrected chi connectivity index (χ3v) is 3.76. The highest BCUT2D eigenvalue weighted by Gasteiger charge is 2.36. The summed E-state index contributed by atoms with van der Waals surface area (Å²) in [5.74, 6) is -0.579. The molecule has 0 spiro atoms. The monoisotopic (exact) mass is 226 g/mol. The van der Waals surface area contributed by atoms with Crippen molar-refractivity contribution < 1.29 is 14.7 Å². The molecule has 2 rings (SSSR count). The van der Waals surface area contributed by atoms with Crippen LogP contribution in [0, 0.1) is 17.8 Å². The van der Waals surface area contributed by atoms with Gasteiger partial charge in [-0.1, -0.05) is 6.92 Å². The number of carbonyl (C=O) groups is 2. The lowest BCUT2D eigenvalue weighted by Gasteiger charge is -2.33. The molecule has 0 radical (unpaired) electrons. The van der Waals surface area contributed by atoms with E-state index >= 15 is 0 Å². The maximum Gasteiger partial charge on any atom is 0.308 e. The maximum atomic E-state index is 12.1. The number of amides is 1. The Hall–Kier alpha value is -1.10. The second-order valence-electron chi connectivity index (χ2n) is 4.82. The Morgan fingerprint density at radius 2 is 2.12 bits per heavy atom. The lowest BCUT2D eigenvalue weighted by molar-refractivity contribution is -0.142. The van der Waals surface area contributed by atoms with Crippen molar-refractivity contribution in [1.29, 1.82) is 0 Å². The van der Waals surface area contributed by atoms with E-state index in [4.69, 9.17) is 5.11 Å². The lowest BCUT2D eigenvalue weighted by Crippen LogP contribution is -2.50. The van der Waals surface area contributed by atoms with Crippen molar-refractivity contribution in [3.63, 3.8) is 0 Å². The SMILES string of the molecule is CC(C(=O)N1CCC(C(=O)O)C1)C1CNC1. The lowest BCUT2D eigenvalue weighted by atomic mass is 9.88. The molecule has 0 aromatic carbocycles. The minimum absolute atomic E-state index is 0.0220. The van der Waals surface area contributed by atoms with Crippen LogP contribution in [-0.4, -0.2) is 48.1 Å². The van der Waals surface area contributed by atoms with Crippen LogP contribution in [0.2, 0.25) is 0 Å². The van der Waals surface area contributed by atoms with E-state index in [2.05, 4.69) is 5.32 Å². The average molecular weight is 226 g/mol. The van der Waals surface area contributed by atoms with E-state index in [9.17, 15) is 9.59 Å². The standard InChI is InChI=1S/C11H18N2O3/c1-7(9-4-12-5-9)10(14)13-3-2-8(6-13)11(15)16/h7-9,12H,2-6H2,1H3,(H,15,16). The van der Waals surface area contributed by atoms with E-state index < -0.39 is 5.97 Å². The molecule has 2 heterocycles. The van der Waals surface area contributed by atoms with Crippen molar-refractivity contribution in [2.24, 2.45) is 17.8 Å². The Morgan fingerprint density at radius 1 is 1.44 bits per heavy atom. The van der Waals surface area contributed by atoms with Gasteiger partial charge in [0.1, 0.15) is 0 Å². The van der Waals surface area contributed by atoms with Gasteiger partial charge in [-0.2, -0.15) is 0 Å². The Morgan fingerprint density at radius 3 is 2.56 bits per heavy atom. The molecule has 2 saturated heterocycles. The molecule has 2 N–H and O–H groups in total. The van der Waals surface area contributed by atoms with Crippen LogP contribution in [0.4, 0.5) is 0 Å². The molecule has 5 nitrogen and oxygen atoms in total. The van der Waals surface area contributed by atoms with Crippen molar-refractivity contribution in [3.05, 3.63) is 0 Å². The second-order valence-corrected chi connectivity index (χ2v) is 4.82. The van der Waals surface area contributed by atoms with E-state index in [-0.39, 0.29) is 17.7 Å². The number of carbonyl (C=O) groups excluding carboxylic acids is 1. The zero-order valence-electron chi connectivity index (χ0n) is 9.48. The van der Waals surface area contributed by atoms with Crippen LogP contribution in [0.1, 0.15) is 13.3 Å². The fourth-order valence-electron chi connectivity index (χ4n) is 2.32. The van der Waals surface area contributed by atoms with Gasteiger partial charge in [-0.05, 0) is 25.4 Å². The molecule has 5 heteroatoms. The van der Waals surface area contributed by atoms with E-state index in [1.54, 1.807) is 4.90 Å². The molecule has 2 atom stereocenters. The third kappa shape index (κ3) is 2.04. The quantitative estimate of drug-likeness (QED) is 0.697. The number of rotatable bonds is 3. The van der Waals surface area contributed by atoms with Gasteiger partial charge in [-0.15, -0.1) is 0 Å². The molecule has 0 aromatic rings. The molecule has 1 amide bonds. The molecule has 2 unspecified atom stereocenters. The largest absolute Gasteiger partial charge is 0.481 e. The smallest absolute Gasteiger partial charge is 0.308 e. The summed E-state index contributed by atoms with van der Waals surface area (Å²) in [6, 6.07) is 0. The van der Waals surface area contributed by atoms with Crippen LogP contribution in [-0.2, 0) is 9.59 Å². The van der Waals surface area contributed by atoms with Gasteiger partial charge in [0.2, 0.25) is 5.91 Å². The van der Waals surface area contributed by atoms with Crippen LogP contribution in [0.3, 0.4) is 0 Å². The number of nitrogens with zero attached hydrogens (tertiary/aromatic N) is 1. The van der Waals surface area contributed by atoms with Gasteiger partial charge in [0.05, 0.1) is 5.92 Å². The molecule has 90 valence electrons. The Labute approximate surface area is 94.8 Å². The Kier molecular flexibility index (Phi) is 3.14. The van der Waals surface area contributed by atoms with Crippen LogP contribution >= 0.6 is 0 Å². The van der Waals surface area contributed by atoms with Gasteiger partial charge in [0, 0.05) is 19.0 Å². The summed E-state index contributed by atoms with van der Waals surface area (Å²) in [5.41, 5.74) is 0. The number of hydrogen-bond acceptors (Lipinski definition) is 3. The number of carboxylic acids is 1. The predicted octanol–water partition coefficient (Wildman–Crippen LogP) is -0.225. The minimum Gasteiger partial charge on any atom is -0.481 e. The van der Waals surface area contributed by atoms with Crippen LogP contribution in [0.5, 0.6) is 0 Å². The summed E-state index contributed by atoms with van der Waals surface area (Å²) >= 11 is 0. The predicted molar refractivity (Wildman–Crippen MR) is 57.8 cm³/mol. The van der Waals surface area contributed by atoms with Crippen molar-refractivity contribution in [1.82, 2.24) is 10.2 Å². The fraction of sp³-hybridized carbons (Fsp3) is 0.818. The van der Waals surface area contributed by atoms with Gasteiger partial charge < -0.3 is 15.3 Å². The zero-order chi connectivity index (χ0) is 11.7. The summed E-state index contributed by atoms with van der Waals surface area (Å²) in [6.45, 7) is 4.74. The average Bonchev–Trinajstić information content (AvgIpc) is 2.62. The second kappa shape index (κ2) is 4.41. The molecule has 0 aliphatic carbocycles. The highest BCUT2D eigenvalue weighted by molar-refractivity contribution is 5.80. The van der Waals surface area contributed by atoms with Crippen LogP contribution < -0.4 is 5.32 Å². The first-order valence-electron chi connectivity index (χ1n) is 5.82. The molecule has 0 aromatic heterocycles. The van der Waals surface area contributed by atoms with Gasteiger partial charge in [-0.3, -0.25) is 9.59 Å². The number of likely N-dealkylation sites (tertiary alicyclic amines) is 1. The normalized spacial score (nSPS) is 27.6. The summed E-state index contributed by atoms with van der Waals surface area (Å²) in [4.78, 5) is 24.6. The molecule has 0 saturated carbocycles. The molecular formula is C11H18N2O3. The zero-order valence-corrected chi connectivity index (χ0v) is 9.48. The Bertz CT molecular complexity index is 302. The highest BCUT2D eigenvalue weighted by Crippen LogP contribution is 2.23. The fourth-order valence-corrected chi connectivity index (χ4v) is 2.32. The number of carboxylic acid groups (broad SMARTS) is 1. The van der Waals surface area contributed by atoms with Crippen molar-refractivity contribution in [2.75, 3.05) is 26.2 Å². The molecule has 2 fully saturated rings. The number of nitrogens with one attached hydrogen (secondary N) is 1. The minimum atomic E-state index is -0.784. The van der Waals surface area contributed by atoms with Crippen LogP contribution in [0.25, 0.3) is 0 Å². The molecule has 2 aliphatic rings. The first-order chi connectivity index (χ1) is 7.59. The molecule has 2 aliphatic heterocycles. The molecule has 0 bridgehead atoms. The highest BCUT2D eigenvalue weighted by atomic mass is 16.4. The topological polar surface area (TPSA) is 69.6 Å². The first kappa shape index (κ1) is 11.4. The number of aliphatic carboxylic acids is 1.